The normalized spacial score (nSPS) is 23.1. The van der Waals surface area contributed by atoms with Crippen LogP contribution in [0.2, 0.25) is 0 Å². The molecule has 104 valence electrons. The van der Waals surface area contributed by atoms with Crippen LogP contribution >= 0.6 is 15.9 Å². The molecular weight excluding hydrogens is 312 g/mol. The van der Waals surface area contributed by atoms with Crippen LogP contribution in [0.4, 0.5) is 11.4 Å². The number of hydrogen-bond acceptors (Lipinski definition) is 4. The van der Waals surface area contributed by atoms with Crippen molar-refractivity contribution < 1.29 is 9.66 Å². The highest BCUT2D eigenvalue weighted by Gasteiger charge is 2.25. The van der Waals surface area contributed by atoms with Gasteiger partial charge in [0.25, 0.3) is 5.69 Å². The van der Waals surface area contributed by atoms with E-state index in [1.165, 1.54) is 6.42 Å². The largest absolute Gasteiger partial charge is 0.379 e. The van der Waals surface area contributed by atoms with Crippen LogP contribution in [0.5, 0.6) is 0 Å². The number of nitro benzene ring substituents is 1. The maximum absolute atomic E-state index is 10.9. The third-order valence-electron chi connectivity index (χ3n) is 3.50. The number of methoxy groups -OCH3 is 1. The summed E-state index contributed by atoms with van der Waals surface area (Å²) >= 11 is 3.19. The fourth-order valence-electron chi connectivity index (χ4n) is 2.50. The van der Waals surface area contributed by atoms with Crippen molar-refractivity contribution in [3.8, 4) is 0 Å². The first-order chi connectivity index (χ1) is 9.11. The summed E-state index contributed by atoms with van der Waals surface area (Å²) in [6.45, 7) is 0. The summed E-state index contributed by atoms with van der Waals surface area (Å²) in [6.07, 6.45) is 4.58. The van der Waals surface area contributed by atoms with Crippen molar-refractivity contribution in [3.63, 3.8) is 0 Å². The average Bonchev–Trinajstić information content (AvgIpc) is 2.41. The van der Waals surface area contributed by atoms with Crippen LogP contribution in [0.1, 0.15) is 25.7 Å². The predicted molar refractivity (Wildman–Crippen MR) is 77.5 cm³/mol. The van der Waals surface area contributed by atoms with Crippen molar-refractivity contribution in [2.24, 2.45) is 0 Å². The number of nitrogens with zero attached hydrogens (tertiary/aromatic N) is 1. The molecule has 0 amide bonds. The Morgan fingerprint density at radius 3 is 2.84 bits per heavy atom. The van der Waals surface area contributed by atoms with Gasteiger partial charge in [-0.25, -0.2) is 0 Å². The first-order valence-corrected chi connectivity index (χ1v) is 7.14. The van der Waals surface area contributed by atoms with E-state index in [4.69, 9.17) is 4.74 Å². The lowest BCUT2D eigenvalue weighted by atomic mass is 9.92. The highest BCUT2D eigenvalue weighted by Crippen LogP contribution is 2.30. The first-order valence-electron chi connectivity index (χ1n) is 6.35. The molecule has 1 N–H and O–H groups in total. The summed E-state index contributed by atoms with van der Waals surface area (Å²) in [7, 11) is 1.72. The fourth-order valence-corrected chi connectivity index (χ4v) is 2.89. The molecule has 0 radical (unpaired) electrons. The molecule has 1 aromatic rings. The Hall–Kier alpha value is -1.14. The number of anilines is 1. The van der Waals surface area contributed by atoms with E-state index in [0.717, 1.165) is 24.9 Å². The highest BCUT2D eigenvalue weighted by atomic mass is 79.9. The summed E-state index contributed by atoms with van der Waals surface area (Å²) in [5.74, 6) is 0. The number of benzene rings is 1. The van der Waals surface area contributed by atoms with Crippen molar-refractivity contribution in [1.82, 2.24) is 0 Å². The molecule has 1 aromatic carbocycles. The van der Waals surface area contributed by atoms with Crippen LogP contribution in [0.25, 0.3) is 0 Å². The van der Waals surface area contributed by atoms with Gasteiger partial charge in [-0.15, -0.1) is 0 Å². The summed E-state index contributed by atoms with van der Waals surface area (Å²) in [5, 5.41) is 14.3. The summed E-state index contributed by atoms with van der Waals surface area (Å²) in [6, 6.07) is 5.33. The molecule has 0 aliphatic heterocycles. The van der Waals surface area contributed by atoms with Crippen LogP contribution in [0, 0.1) is 10.1 Å². The lowest BCUT2D eigenvalue weighted by Crippen LogP contribution is -2.37. The number of nitro groups is 1. The zero-order chi connectivity index (χ0) is 13.8. The predicted octanol–water partition coefficient (Wildman–Crippen LogP) is 3.73. The van der Waals surface area contributed by atoms with E-state index < -0.39 is 0 Å². The number of nitrogens with one attached hydrogen (secondary N) is 1. The minimum absolute atomic E-state index is 0.0785. The minimum atomic E-state index is -0.385. The molecule has 5 nitrogen and oxygen atoms in total. The summed E-state index contributed by atoms with van der Waals surface area (Å²) in [4.78, 5) is 10.5. The lowest BCUT2D eigenvalue weighted by molar-refractivity contribution is -0.385. The second-order valence-electron chi connectivity index (χ2n) is 4.73. The maximum atomic E-state index is 10.9. The van der Waals surface area contributed by atoms with E-state index in [2.05, 4.69) is 21.2 Å². The maximum Gasteiger partial charge on any atom is 0.285 e. The first kappa shape index (κ1) is 14.3. The second kappa shape index (κ2) is 6.34. The van der Waals surface area contributed by atoms with Crippen LogP contribution < -0.4 is 5.32 Å². The van der Waals surface area contributed by atoms with Gasteiger partial charge in [0.15, 0.2) is 0 Å². The molecular formula is C13H17BrN2O3. The third kappa shape index (κ3) is 3.45. The molecule has 0 bridgehead atoms. The van der Waals surface area contributed by atoms with Gasteiger partial charge in [0.1, 0.15) is 0 Å². The average molecular weight is 329 g/mol. The van der Waals surface area contributed by atoms with E-state index in [0.29, 0.717) is 4.47 Å². The molecule has 19 heavy (non-hydrogen) atoms. The molecule has 1 fully saturated rings. The Bertz CT molecular complexity index is 467. The lowest BCUT2D eigenvalue weighted by Gasteiger charge is -2.31. The molecule has 0 heterocycles. The van der Waals surface area contributed by atoms with Crippen molar-refractivity contribution in [2.45, 2.75) is 37.8 Å². The van der Waals surface area contributed by atoms with Crippen molar-refractivity contribution in [1.29, 1.82) is 0 Å². The second-order valence-corrected chi connectivity index (χ2v) is 5.59. The molecule has 2 unspecified atom stereocenters. The smallest absolute Gasteiger partial charge is 0.285 e. The van der Waals surface area contributed by atoms with Gasteiger partial charge in [-0.2, -0.15) is 0 Å². The Balaban J connectivity index is 2.14. The molecule has 2 rings (SSSR count). The Kier molecular flexibility index (Phi) is 4.76. The molecule has 1 saturated carbocycles. The number of halogens is 1. The Morgan fingerprint density at radius 1 is 1.42 bits per heavy atom. The SMILES string of the molecule is COC1CCCCC1Nc1ccc(Br)c([N+](=O)[O-])c1. The molecule has 0 saturated heterocycles. The minimum Gasteiger partial charge on any atom is -0.379 e. The van der Waals surface area contributed by atoms with Gasteiger partial charge < -0.3 is 10.1 Å². The van der Waals surface area contributed by atoms with Gasteiger partial charge in [-0.3, -0.25) is 10.1 Å². The number of ether oxygens (including phenoxy) is 1. The highest BCUT2D eigenvalue weighted by molar-refractivity contribution is 9.10. The molecule has 2 atom stereocenters. The van der Waals surface area contributed by atoms with E-state index in [1.807, 2.05) is 6.07 Å². The van der Waals surface area contributed by atoms with Crippen molar-refractivity contribution in [3.05, 3.63) is 32.8 Å². The molecule has 0 aromatic heterocycles. The van der Waals surface area contributed by atoms with Gasteiger partial charge in [0.2, 0.25) is 0 Å². The molecule has 6 heteroatoms. The standard InChI is InChI=1S/C13H17BrN2O3/c1-19-13-5-3-2-4-11(13)15-9-6-7-10(14)12(8-9)16(17)18/h6-8,11,13,15H,2-5H2,1H3. The fraction of sp³-hybridized carbons (Fsp3) is 0.538. The van der Waals surface area contributed by atoms with Gasteiger partial charge in [0, 0.05) is 18.9 Å². The van der Waals surface area contributed by atoms with Crippen LogP contribution in [-0.2, 0) is 4.74 Å². The van der Waals surface area contributed by atoms with E-state index in [9.17, 15) is 10.1 Å². The van der Waals surface area contributed by atoms with E-state index >= 15 is 0 Å². The number of rotatable bonds is 4. The van der Waals surface area contributed by atoms with Crippen molar-refractivity contribution in [2.75, 3.05) is 12.4 Å². The van der Waals surface area contributed by atoms with Crippen LogP contribution in [0.3, 0.4) is 0 Å². The number of hydrogen-bond donors (Lipinski definition) is 1. The van der Waals surface area contributed by atoms with Crippen LogP contribution in [0.15, 0.2) is 22.7 Å². The summed E-state index contributed by atoms with van der Waals surface area (Å²) < 4.78 is 5.97. The van der Waals surface area contributed by atoms with Gasteiger partial charge in [0.05, 0.1) is 21.5 Å². The summed E-state index contributed by atoms with van der Waals surface area (Å²) in [5.41, 5.74) is 0.846. The topological polar surface area (TPSA) is 64.4 Å². The molecule has 0 spiro atoms. The van der Waals surface area contributed by atoms with Crippen LogP contribution in [-0.4, -0.2) is 24.2 Å². The molecule has 1 aliphatic rings. The van der Waals surface area contributed by atoms with E-state index in [-0.39, 0.29) is 22.8 Å². The Labute approximate surface area is 120 Å². The van der Waals surface area contributed by atoms with Gasteiger partial charge >= 0.3 is 0 Å². The van der Waals surface area contributed by atoms with Gasteiger partial charge in [-0.1, -0.05) is 12.8 Å². The quantitative estimate of drug-likeness (QED) is 0.675. The zero-order valence-electron chi connectivity index (χ0n) is 10.8. The molecule has 1 aliphatic carbocycles. The monoisotopic (exact) mass is 328 g/mol. The van der Waals surface area contributed by atoms with Gasteiger partial charge in [-0.05, 0) is 40.9 Å². The van der Waals surface area contributed by atoms with Crippen molar-refractivity contribution >= 4 is 27.3 Å². The Morgan fingerprint density at radius 2 is 2.16 bits per heavy atom. The zero-order valence-corrected chi connectivity index (χ0v) is 12.4. The third-order valence-corrected chi connectivity index (χ3v) is 4.17. The van der Waals surface area contributed by atoms with E-state index in [1.54, 1.807) is 19.2 Å².